The van der Waals surface area contributed by atoms with Crippen molar-refractivity contribution in [3.05, 3.63) is 24.3 Å². The number of amides is 2. The number of carbonyl (C=O) groups is 2. The summed E-state index contributed by atoms with van der Waals surface area (Å²) in [4.78, 5) is 25.8. The zero-order valence-corrected chi connectivity index (χ0v) is 10.6. The van der Waals surface area contributed by atoms with Crippen molar-refractivity contribution in [2.24, 2.45) is 0 Å². The minimum absolute atomic E-state index is 0.0324. The van der Waals surface area contributed by atoms with Crippen LogP contribution in [0.1, 0.15) is 0 Å². The standard InChI is InChI=1S/C13H17N3O3/c14-11-3-1-2-4-12(11)19-9-13(18)16-7-5-15(10-17)6-8-16/h1-4,10H,5-9,14H2. The van der Waals surface area contributed by atoms with Crippen LogP contribution in [-0.4, -0.2) is 54.9 Å². The molecule has 0 aromatic heterocycles. The van der Waals surface area contributed by atoms with E-state index in [0.717, 1.165) is 6.41 Å². The molecule has 6 nitrogen and oxygen atoms in total. The highest BCUT2D eigenvalue weighted by atomic mass is 16.5. The highest BCUT2D eigenvalue weighted by molar-refractivity contribution is 5.78. The second-order valence-electron chi connectivity index (χ2n) is 4.35. The van der Waals surface area contributed by atoms with Crippen molar-refractivity contribution in [1.82, 2.24) is 9.80 Å². The summed E-state index contributed by atoms with van der Waals surface area (Å²) in [6.45, 7) is 2.21. The second-order valence-corrected chi connectivity index (χ2v) is 4.35. The van der Waals surface area contributed by atoms with Crippen molar-refractivity contribution < 1.29 is 14.3 Å². The van der Waals surface area contributed by atoms with Gasteiger partial charge in [-0.1, -0.05) is 12.1 Å². The third-order valence-electron chi connectivity index (χ3n) is 3.09. The Labute approximate surface area is 111 Å². The number of para-hydroxylation sites is 2. The molecule has 102 valence electrons. The van der Waals surface area contributed by atoms with Gasteiger partial charge in [-0.2, -0.15) is 0 Å². The SMILES string of the molecule is Nc1ccccc1OCC(=O)N1CCN(C=O)CC1. The van der Waals surface area contributed by atoms with Crippen LogP contribution in [0.2, 0.25) is 0 Å². The molecule has 1 aromatic rings. The van der Waals surface area contributed by atoms with Crippen LogP contribution in [0.25, 0.3) is 0 Å². The van der Waals surface area contributed by atoms with E-state index >= 15 is 0 Å². The van der Waals surface area contributed by atoms with E-state index < -0.39 is 0 Å². The van der Waals surface area contributed by atoms with Crippen molar-refractivity contribution in [3.8, 4) is 5.75 Å². The van der Waals surface area contributed by atoms with Crippen molar-refractivity contribution in [2.45, 2.75) is 0 Å². The number of nitrogens with two attached hydrogens (primary N) is 1. The fourth-order valence-electron chi connectivity index (χ4n) is 1.92. The molecular formula is C13H17N3O3. The monoisotopic (exact) mass is 263 g/mol. The number of piperazine rings is 1. The molecule has 0 bridgehead atoms. The van der Waals surface area contributed by atoms with Gasteiger partial charge in [0, 0.05) is 26.2 Å². The topological polar surface area (TPSA) is 75.9 Å². The number of rotatable bonds is 4. The molecule has 6 heteroatoms. The smallest absolute Gasteiger partial charge is 0.260 e. The van der Waals surface area contributed by atoms with Gasteiger partial charge in [0.15, 0.2) is 6.61 Å². The van der Waals surface area contributed by atoms with E-state index in [1.54, 1.807) is 28.0 Å². The van der Waals surface area contributed by atoms with Crippen LogP contribution in [0.15, 0.2) is 24.3 Å². The molecule has 1 fully saturated rings. The number of benzene rings is 1. The van der Waals surface area contributed by atoms with Crippen molar-refractivity contribution in [1.29, 1.82) is 0 Å². The van der Waals surface area contributed by atoms with E-state index in [4.69, 9.17) is 10.5 Å². The zero-order valence-electron chi connectivity index (χ0n) is 10.6. The highest BCUT2D eigenvalue weighted by Crippen LogP contribution is 2.19. The van der Waals surface area contributed by atoms with Gasteiger partial charge >= 0.3 is 0 Å². The second kappa shape index (κ2) is 6.08. The first kappa shape index (κ1) is 13.2. The Hall–Kier alpha value is -2.24. The van der Waals surface area contributed by atoms with Gasteiger partial charge in [0.05, 0.1) is 5.69 Å². The summed E-state index contributed by atoms with van der Waals surface area (Å²) < 4.78 is 5.41. The van der Waals surface area contributed by atoms with E-state index in [1.807, 2.05) is 6.07 Å². The normalized spacial score (nSPS) is 15.2. The quantitative estimate of drug-likeness (QED) is 0.610. The molecule has 0 saturated carbocycles. The number of nitrogens with zero attached hydrogens (tertiary/aromatic N) is 2. The Morgan fingerprint density at radius 3 is 2.58 bits per heavy atom. The van der Waals surface area contributed by atoms with Crippen molar-refractivity contribution >= 4 is 18.0 Å². The maximum atomic E-state index is 11.9. The molecule has 2 amide bonds. The Bertz CT molecular complexity index is 456. The molecule has 1 saturated heterocycles. The number of nitrogen functional groups attached to an aromatic ring is 1. The van der Waals surface area contributed by atoms with Gasteiger partial charge in [-0.3, -0.25) is 9.59 Å². The number of carbonyl (C=O) groups excluding carboxylic acids is 2. The third-order valence-corrected chi connectivity index (χ3v) is 3.09. The van der Waals surface area contributed by atoms with Gasteiger partial charge in [-0.05, 0) is 12.1 Å². The highest BCUT2D eigenvalue weighted by Gasteiger charge is 2.20. The van der Waals surface area contributed by atoms with Crippen LogP contribution in [0.4, 0.5) is 5.69 Å². The van der Waals surface area contributed by atoms with E-state index in [9.17, 15) is 9.59 Å². The summed E-state index contributed by atoms with van der Waals surface area (Å²) >= 11 is 0. The molecule has 1 aliphatic rings. The summed E-state index contributed by atoms with van der Waals surface area (Å²) in [7, 11) is 0. The maximum absolute atomic E-state index is 11.9. The Morgan fingerprint density at radius 2 is 1.95 bits per heavy atom. The lowest BCUT2D eigenvalue weighted by Gasteiger charge is -2.32. The Morgan fingerprint density at radius 1 is 1.26 bits per heavy atom. The predicted octanol–water partition coefficient (Wildman–Crippen LogP) is -0.0518. The van der Waals surface area contributed by atoms with Crippen LogP contribution in [0, 0.1) is 0 Å². The van der Waals surface area contributed by atoms with E-state index in [2.05, 4.69) is 0 Å². The lowest BCUT2D eigenvalue weighted by atomic mass is 10.3. The largest absolute Gasteiger partial charge is 0.482 e. The van der Waals surface area contributed by atoms with Crippen LogP contribution < -0.4 is 10.5 Å². The minimum atomic E-state index is -0.0891. The summed E-state index contributed by atoms with van der Waals surface area (Å²) in [6.07, 6.45) is 0.809. The first-order chi connectivity index (χ1) is 9.20. The van der Waals surface area contributed by atoms with Gasteiger partial charge in [0.2, 0.25) is 6.41 Å². The number of hydrogen-bond donors (Lipinski definition) is 1. The molecule has 0 aliphatic carbocycles. The lowest BCUT2D eigenvalue weighted by Crippen LogP contribution is -2.49. The molecule has 1 aromatic carbocycles. The molecular weight excluding hydrogens is 246 g/mol. The Kier molecular flexibility index (Phi) is 4.22. The number of anilines is 1. The van der Waals surface area contributed by atoms with E-state index in [0.29, 0.717) is 37.6 Å². The fraction of sp³-hybridized carbons (Fsp3) is 0.385. The van der Waals surface area contributed by atoms with Crippen molar-refractivity contribution in [3.63, 3.8) is 0 Å². The number of ether oxygens (including phenoxy) is 1. The zero-order chi connectivity index (χ0) is 13.7. The molecule has 1 heterocycles. The van der Waals surface area contributed by atoms with Gasteiger partial charge in [0.25, 0.3) is 5.91 Å². The predicted molar refractivity (Wildman–Crippen MR) is 70.6 cm³/mol. The lowest BCUT2D eigenvalue weighted by molar-refractivity contribution is -0.137. The van der Waals surface area contributed by atoms with Gasteiger partial charge in [0.1, 0.15) is 5.75 Å². The van der Waals surface area contributed by atoms with Crippen LogP contribution in [-0.2, 0) is 9.59 Å². The minimum Gasteiger partial charge on any atom is -0.482 e. The third kappa shape index (κ3) is 3.37. The fourth-order valence-corrected chi connectivity index (χ4v) is 1.92. The maximum Gasteiger partial charge on any atom is 0.260 e. The van der Waals surface area contributed by atoms with Gasteiger partial charge in [-0.25, -0.2) is 0 Å². The van der Waals surface area contributed by atoms with Crippen LogP contribution in [0.5, 0.6) is 5.75 Å². The molecule has 0 atom stereocenters. The molecule has 19 heavy (non-hydrogen) atoms. The van der Waals surface area contributed by atoms with Crippen molar-refractivity contribution in [2.75, 3.05) is 38.5 Å². The Balaban J connectivity index is 1.82. The molecule has 2 rings (SSSR count). The summed E-state index contributed by atoms with van der Waals surface area (Å²) in [5.41, 5.74) is 6.24. The average molecular weight is 263 g/mol. The first-order valence-corrected chi connectivity index (χ1v) is 6.15. The molecule has 1 aliphatic heterocycles. The van der Waals surface area contributed by atoms with Gasteiger partial charge < -0.3 is 20.3 Å². The van der Waals surface area contributed by atoms with Crippen LogP contribution >= 0.6 is 0 Å². The average Bonchev–Trinajstić information content (AvgIpc) is 2.46. The van der Waals surface area contributed by atoms with E-state index in [1.165, 1.54) is 0 Å². The summed E-state index contributed by atoms with van der Waals surface area (Å²) in [5, 5.41) is 0. The summed E-state index contributed by atoms with van der Waals surface area (Å²) in [6, 6.07) is 7.07. The number of hydrogen-bond acceptors (Lipinski definition) is 4. The molecule has 0 radical (unpaired) electrons. The first-order valence-electron chi connectivity index (χ1n) is 6.15. The van der Waals surface area contributed by atoms with E-state index in [-0.39, 0.29) is 12.5 Å². The molecule has 0 unspecified atom stereocenters. The summed E-state index contributed by atoms with van der Waals surface area (Å²) in [5.74, 6) is 0.427. The van der Waals surface area contributed by atoms with Gasteiger partial charge in [-0.15, -0.1) is 0 Å². The molecule has 0 spiro atoms. The molecule has 2 N–H and O–H groups in total. The van der Waals surface area contributed by atoms with Crippen LogP contribution in [0.3, 0.4) is 0 Å².